The van der Waals surface area contributed by atoms with E-state index in [1.165, 1.54) is 6.20 Å². The van der Waals surface area contributed by atoms with E-state index in [0.29, 0.717) is 63.0 Å². The van der Waals surface area contributed by atoms with Gasteiger partial charge in [-0.05, 0) is 51.2 Å². The molecule has 0 bridgehead atoms. The molecule has 2 aliphatic heterocycles. The van der Waals surface area contributed by atoms with E-state index >= 15 is 0 Å². The average molecular weight is 551 g/mol. The number of carbonyl (C=O) groups excluding carboxylic acids is 3. The third-order valence-electron chi connectivity index (χ3n) is 7.03. The van der Waals surface area contributed by atoms with Gasteiger partial charge in [-0.1, -0.05) is 6.08 Å². The third kappa shape index (κ3) is 7.33. The molecule has 214 valence electrons. The molecule has 12 nitrogen and oxygen atoms in total. The monoisotopic (exact) mass is 550 g/mol. The maximum atomic E-state index is 12.8. The van der Waals surface area contributed by atoms with E-state index in [0.717, 1.165) is 12.8 Å². The number of nitrogens with two attached hydrogens (primary N) is 1. The largest absolute Gasteiger partial charge is 0.378 e. The van der Waals surface area contributed by atoms with Crippen LogP contribution in [0.2, 0.25) is 0 Å². The van der Waals surface area contributed by atoms with Crippen LogP contribution < -0.4 is 16.0 Å². The highest BCUT2D eigenvalue weighted by molar-refractivity contribution is 5.97. The van der Waals surface area contributed by atoms with E-state index in [2.05, 4.69) is 15.3 Å². The normalized spacial score (nSPS) is 17.8. The molecule has 2 aromatic rings. The summed E-state index contributed by atoms with van der Waals surface area (Å²) < 4.78 is 5.32. The molecule has 2 aliphatic rings. The predicted octanol–water partition coefficient (Wildman–Crippen LogP) is 1.34. The fraction of sp³-hybridized carbons (Fsp3) is 0.464. The number of nitrogens with one attached hydrogen (secondary N) is 1. The average Bonchev–Trinajstić information content (AvgIpc) is 2.97. The number of primary amides is 1. The molecule has 2 fully saturated rings. The number of anilines is 3. The van der Waals surface area contributed by atoms with Gasteiger partial charge in [0.15, 0.2) is 11.5 Å². The Labute approximate surface area is 234 Å². The van der Waals surface area contributed by atoms with Crippen molar-refractivity contribution in [2.45, 2.75) is 18.9 Å². The number of piperidine rings is 1. The van der Waals surface area contributed by atoms with Crippen molar-refractivity contribution in [3.63, 3.8) is 0 Å². The van der Waals surface area contributed by atoms with E-state index < -0.39 is 5.91 Å². The molecule has 40 heavy (non-hydrogen) atoms. The summed E-state index contributed by atoms with van der Waals surface area (Å²) in [6.45, 7) is 4.17. The van der Waals surface area contributed by atoms with E-state index in [-0.39, 0.29) is 29.4 Å². The Morgan fingerprint density at radius 1 is 1.10 bits per heavy atom. The van der Waals surface area contributed by atoms with Gasteiger partial charge < -0.3 is 35.4 Å². The van der Waals surface area contributed by atoms with Gasteiger partial charge in [0.1, 0.15) is 5.82 Å². The maximum Gasteiger partial charge on any atom is 0.271 e. The molecule has 0 aliphatic carbocycles. The molecule has 0 unspecified atom stereocenters. The van der Waals surface area contributed by atoms with E-state index in [1.807, 2.05) is 41.9 Å². The standard InChI is InChI=1S/C28H38N8O4/c1-33(2)12-5-7-24(37)36-13-4-6-22(19-36)34(3)23-18-30-25(26(29)38)27(32-23)31-21-10-8-20(9-11-21)28(39)35-14-16-40-17-15-35/h5,7-11,18,22H,4,6,12-17,19H2,1-3H3,(H2,29,38)(H,31,32)/t22-/m1/s1. The van der Waals surface area contributed by atoms with Gasteiger partial charge in [0.2, 0.25) is 5.91 Å². The molecular weight excluding hydrogens is 512 g/mol. The highest BCUT2D eigenvalue weighted by atomic mass is 16.5. The Balaban J connectivity index is 1.46. The van der Waals surface area contributed by atoms with Crippen LogP contribution in [-0.4, -0.2) is 116 Å². The van der Waals surface area contributed by atoms with E-state index in [4.69, 9.17) is 10.5 Å². The fourth-order valence-electron chi connectivity index (χ4n) is 4.73. The van der Waals surface area contributed by atoms with Crippen LogP contribution >= 0.6 is 0 Å². The molecule has 1 aromatic heterocycles. The van der Waals surface area contributed by atoms with Gasteiger partial charge in [-0.15, -0.1) is 0 Å². The number of likely N-dealkylation sites (tertiary alicyclic amines) is 1. The number of carbonyl (C=O) groups is 3. The Morgan fingerprint density at radius 2 is 1.82 bits per heavy atom. The molecule has 0 saturated carbocycles. The summed E-state index contributed by atoms with van der Waals surface area (Å²) >= 11 is 0. The molecule has 0 radical (unpaired) electrons. The first-order valence-electron chi connectivity index (χ1n) is 13.5. The molecule has 2 saturated heterocycles. The van der Waals surface area contributed by atoms with Gasteiger partial charge in [-0.25, -0.2) is 9.97 Å². The SMILES string of the molecule is CN(C)CC=CC(=O)N1CCC[C@@H](N(C)c2cnc(C(N)=O)c(Nc3ccc(C(=O)N4CCOCC4)cc3)n2)C1. The summed E-state index contributed by atoms with van der Waals surface area (Å²) in [5, 5.41) is 3.13. The van der Waals surface area contributed by atoms with E-state index in [1.54, 1.807) is 35.2 Å². The molecular formula is C28H38N8O4. The Bertz CT molecular complexity index is 1230. The van der Waals surface area contributed by atoms with Crippen LogP contribution in [0.15, 0.2) is 42.6 Å². The number of amides is 3. The fourth-order valence-corrected chi connectivity index (χ4v) is 4.73. The van der Waals surface area contributed by atoms with Crippen molar-refractivity contribution < 1.29 is 19.1 Å². The van der Waals surface area contributed by atoms with Crippen LogP contribution in [-0.2, 0) is 9.53 Å². The zero-order valence-corrected chi connectivity index (χ0v) is 23.4. The van der Waals surface area contributed by atoms with Crippen molar-refractivity contribution in [1.82, 2.24) is 24.7 Å². The smallest absolute Gasteiger partial charge is 0.271 e. The second-order valence-electron chi connectivity index (χ2n) is 10.3. The van der Waals surface area contributed by atoms with Crippen molar-refractivity contribution >= 4 is 35.0 Å². The number of nitrogens with zero attached hydrogens (tertiary/aromatic N) is 6. The van der Waals surface area contributed by atoms with Crippen molar-refractivity contribution in [1.29, 1.82) is 0 Å². The predicted molar refractivity (Wildman–Crippen MR) is 153 cm³/mol. The van der Waals surface area contributed by atoms with Crippen LogP contribution in [0.1, 0.15) is 33.7 Å². The lowest BCUT2D eigenvalue weighted by molar-refractivity contribution is -0.127. The molecule has 0 spiro atoms. The maximum absolute atomic E-state index is 12.8. The topological polar surface area (TPSA) is 137 Å². The second-order valence-corrected chi connectivity index (χ2v) is 10.3. The highest BCUT2D eigenvalue weighted by Crippen LogP contribution is 2.25. The van der Waals surface area contributed by atoms with Gasteiger partial charge in [0.05, 0.1) is 19.4 Å². The van der Waals surface area contributed by atoms with E-state index in [9.17, 15) is 14.4 Å². The number of aromatic nitrogens is 2. The Morgan fingerprint density at radius 3 is 2.50 bits per heavy atom. The number of morpholine rings is 1. The lowest BCUT2D eigenvalue weighted by Crippen LogP contribution is -2.48. The molecule has 4 rings (SSSR count). The van der Waals surface area contributed by atoms with Crippen molar-refractivity contribution in [3.05, 3.63) is 53.9 Å². The van der Waals surface area contributed by atoms with Crippen molar-refractivity contribution in [3.8, 4) is 0 Å². The summed E-state index contributed by atoms with van der Waals surface area (Å²) in [4.78, 5) is 54.1. The van der Waals surface area contributed by atoms with Crippen LogP contribution in [0, 0.1) is 0 Å². The van der Waals surface area contributed by atoms with Gasteiger partial charge in [-0.2, -0.15) is 0 Å². The minimum Gasteiger partial charge on any atom is -0.378 e. The van der Waals surface area contributed by atoms with Crippen LogP contribution in [0.5, 0.6) is 0 Å². The Hall–Kier alpha value is -4.03. The molecule has 3 heterocycles. The molecule has 3 N–H and O–H groups in total. The zero-order valence-electron chi connectivity index (χ0n) is 23.4. The number of hydrogen-bond donors (Lipinski definition) is 2. The number of hydrogen-bond acceptors (Lipinski definition) is 9. The lowest BCUT2D eigenvalue weighted by atomic mass is 10.0. The minimum atomic E-state index is -0.706. The lowest BCUT2D eigenvalue weighted by Gasteiger charge is -2.37. The first-order valence-corrected chi connectivity index (χ1v) is 13.5. The number of rotatable bonds is 9. The molecule has 12 heteroatoms. The summed E-state index contributed by atoms with van der Waals surface area (Å²) in [6, 6.07) is 7.00. The summed E-state index contributed by atoms with van der Waals surface area (Å²) in [6.07, 6.45) is 6.78. The second kappa shape index (κ2) is 13.4. The quantitative estimate of drug-likeness (QED) is 0.443. The third-order valence-corrected chi connectivity index (χ3v) is 7.03. The molecule has 1 aromatic carbocycles. The molecule has 3 amide bonds. The summed E-state index contributed by atoms with van der Waals surface area (Å²) in [5.41, 5.74) is 6.79. The van der Waals surface area contributed by atoms with Gasteiger partial charge in [0.25, 0.3) is 11.8 Å². The van der Waals surface area contributed by atoms with Crippen LogP contribution in [0.3, 0.4) is 0 Å². The van der Waals surface area contributed by atoms with Crippen LogP contribution in [0.25, 0.3) is 0 Å². The summed E-state index contributed by atoms with van der Waals surface area (Å²) in [5.74, 6) is 0.00750. The first kappa shape index (κ1) is 29.0. The van der Waals surface area contributed by atoms with Gasteiger partial charge in [0, 0.05) is 63.1 Å². The number of ether oxygens (including phenoxy) is 1. The zero-order chi connectivity index (χ0) is 28.6. The van der Waals surface area contributed by atoms with Gasteiger partial charge in [-0.3, -0.25) is 14.4 Å². The Kier molecular flexibility index (Phi) is 9.67. The molecule has 1 atom stereocenters. The number of likely N-dealkylation sites (N-methyl/N-ethyl adjacent to an activating group) is 2. The van der Waals surface area contributed by atoms with Crippen molar-refractivity contribution in [2.24, 2.45) is 5.73 Å². The van der Waals surface area contributed by atoms with Gasteiger partial charge >= 0.3 is 0 Å². The minimum absolute atomic E-state index is 0.00647. The first-order chi connectivity index (χ1) is 19.2. The number of benzene rings is 1. The van der Waals surface area contributed by atoms with Crippen LogP contribution in [0.4, 0.5) is 17.3 Å². The summed E-state index contributed by atoms with van der Waals surface area (Å²) in [7, 11) is 5.82. The van der Waals surface area contributed by atoms with Crippen molar-refractivity contribution in [2.75, 3.05) is 77.3 Å². The highest BCUT2D eigenvalue weighted by Gasteiger charge is 2.27.